The predicted octanol–water partition coefficient (Wildman–Crippen LogP) is 5.98. The third-order valence-electron chi connectivity index (χ3n) is 6.28. The fourth-order valence-electron chi connectivity index (χ4n) is 4.85. The molecule has 2 heterocycles. The van der Waals surface area contributed by atoms with Crippen molar-refractivity contribution in [3.8, 4) is 0 Å². The number of carbonyl (C=O) groups excluding carboxylic acids is 1. The number of piperidine rings is 1. The highest BCUT2D eigenvalue weighted by molar-refractivity contribution is 6.30. The highest BCUT2D eigenvalue weighted by atomic mass is 35.5. The number of aliphatic carboxylic acids is 1. The van der Waals surface area contributed by atoms with E-state index in [-0.39, 0.29) is 18.2 Å². The van der Waals surface area contributed by atoms with Crippen molar-refractivity contribution in [2.24, 2.45) is 5.92 Å². The third-order valence-corrected chi connectivity index (χ3v) is 6.77. The first-order valence-electron chi connectivity index (χ1n) is 11.1. The highest BCUT2D eigenvalue weighted by Crippen LogP contribution is 2.50. The Hall–Kier alpha value is -2.90. The minimum Gasteiger partial charge on any atom is -0.481 e. The molecule has 1 amide bonds. The Bertz CT molecular complexity index is 1180. The van der Waals surface area contributed by atoms with Crippen molar-refractivity contribution in [1.82, 2.24) is 15.1 Å². The molecule has 4 atom stereocenters. The Morgan fingerprint density at radius 2 is 1.88 bits per heavy atom. The minimum absolute atomic E-state index is 0.208. The number of nitrogens with zero attached hydrogens (tertiary/aromatic N) is 3. The third kappa shape index (κ3) is 4.95. The van der Waals surface area contributed by atoms with Crippen LogP contribution in [0.1, 0.15) is 67.1 Å². The first-order valence-corrected chi connectivity index (χ1v) is 11.9. The van der Waals surface area contributed by atoms with E-state index in [9.17, 15) is 14.7 Å². The van der Waals surface area contributed by atoms with Crippen LogP contribution < -0.4 is 0 Å². The molecule has 1 aromatic heterocycles. The molecule has 1 aliphatic heterocycles. The SMILES string of the molecule is CC[C@H](c1nnc(C)o1)N1C(=O)C(CC(=O)O)CC(c2cccc(Cl)c2)C1c1ccc(Cl)cc1. The van der Waals surface area contributed by atoms with Crippen LogP contribution >= 0.6 is 23.2 Å². The summed E-state index contributed by atoms with van der Waals surface area (Å²) in [5, 5.41) is 18.9. The molecule has 0 radical (unpaired) electrons. The van der Waals surface area contributed by atoms with Crippen LogP contribution in [0.15, 0.2) is 52.9 Å². The number of hydrogen-bond acceptors (Lipinski definition) is 5. The second kappa shape index (κ2) is 10.2. The van der Waals surface area contributed by atoms with Gasteiger partial charge in [-0.05, 0) is 48.2 Å². The molecule has 2 aromatic carbocycles. The van der Waals surface area contributed by atoms with E-state index in [1.807, 2.05) is 37.3 Å². The van der Waals surface area contributed by atoms with Crippen LogP contribution in [-0.4, -0.2) is 32.1 Å². The van der Waals surface area contributed by atoms with Gasteiger partial charge in [-0.25, -0.2) is 0 Å². The Morgan fingerprint density at radius 1 is 1.15 bits per heavy atom. The molecule has 4 rings (SSSR count). The van der Waals surface area contributed by atoms with E-state index in [0.717, 1.165) is 11.1 Å². The maximum Gasteiger partial charge on any atom is 0.304 e. The largest absolute Gasteiger partial charge is 0.481 e. The van der Waals surface area contributed by atoms with Gasteiger partial charge in [0.2, 0.25) is 17.7 Å². The normalized spacial score (nSPS) is 21.5. The summed E-state index contributed by atoms with van der Waals surface area (Å²) in [6.45, 7) is 3.63. The Kier molecular flexibility index (Phi) is 7.24. The highest BCUT2D eigenvalue weighted by Gasteiger charge is 2.47. The van der Waals surface area contributed by atoms with E-state index in [4.69, 9.17) is 27.6 Å². The summed E-state index contributed by atoms with van der Waals surface area (Å²) in [5.41, 5.74) is 1.81. The van der Waals surface area contributed by atoms with Crippen molar-refractivity contribution in [3.05, 3.63) is 81.5 Å². The van der Waals surface area contributed by atoms with Crippen molar-refractivity contribution in [2.45, 2.75) is 51.1 Å². The summed E-state index contributed by atoms with van der Waals surface area (Å²) in [4.78, 5) is 27.3. The molecule has 178 valence electrons. The van der Waals surface area contributed by atoms with Crippen molar-refractivity contribution in [1.29, 1.82) is 0 Å². The molecule has 9 heteroatoms. The lowest BCUT2D eigenvalue weighted by atomic mass is 9.74. The summed E-state index contributed by atoms with van der Waals surface area (Å²) < 4.78 is 5.74. The van der Waals surface area contributed by atoms with Gasteiger partial charge in [-0.3, -0.25) is 9.59 Å². The first kappa shape index (κ1) is 24.2. The molecule has 1 N–H and O–H groups in total. The van der Waals surface area contributed by atoms with Crippen LogP contribution in [0.2, 0.25) is 10.0 Å². The van der Waals surface area contributed by atoms with Crippen LogP contribution in [-0.2, 0) is 9.59 Å². The summed E-state index contributed by atoms with van der Waals surface area (Å²) in [7, 11) is 0. The number of benzene rings is 2. The second-order valence-corrected chi connectivity index (χ2v) is 9.39. The number of aromatic nitrogens is 2. The number of aryl methyl sites for hydroxylation is 1. The maximum absolute atomic E-state index is 13.9. The van der Waals surface area contributed by atoms with Gasteiger partial charge in [0.25, 0.3) is 0 Å². The summed E-state index contributed by atoms with van der Waals surface area (Å²) in [6, 6.07) is 13.9. The van der Waals surface area contributed by atoms with E-state index in [0.29, 0.717) is 34.7 Å². The summed E-state index contributed by atoms with van der Waals surface area (Å²) in [5.74, 6) is -1.45. The van der Waals surface area contributed by atoms with Crippen molar-refractivity contribution in [3.63, 3.8) is 0 Å². The van der Waals surface area contributed by atoms with Crippen molar-refractivity contribution < 1.29 is 19.1 Å². The van der Waals surface area contributed by atoms with Gasteiger partial charge < -0.3 is 14.4 Å². The van der Waals surface area contributed by atoms with Gasteiger partial charge in [-0.2, -0.15) is 0 Å². The van der Waals surface area contributed by atoms with E-state index in [1.54, 1.807) is 30.0 Å². The fraction of sp³-hybridized carbons (Fsp3) is 0.360. The van der Waals surface area contributed by atoms with E-state index in [2.05, 4.69) is 10.2 Å². The zero-order valence-electron chi connectivity index (χ0n) is 18.8. The van der Waals surface area contributed by atoms with E-state index < -0.39 is 24.0 Å². The molecule has 34 heavy (non-hydrogen) atoms. The van der Waals surface area contributed by atoms with Crippen LogP contribution in [0, 0.1) is 12.8 Å². The lowest BCUT2D eigenvalue weighted by Crippen LogP contribution is -2.49. The lowest BCUT2D eigenvalue weighted by molar-refractivity contribution is -0.153. The average Bonchev–Trinajstić information content (AvgIpc) is 3.23. The number of amides is 1. The number of hydrogen-bond donors (Lipinski definition) is 1. The monoisotopic (exact) mass is 501 g/mol. The fourth-order valence-corrected chi connectivity index (χ4v) is 5.18. The molecule has 7 nitrogen and oxygen atoms in total. The van der Waals surface area contributed by atoms with Gasteiger partial charge in [0.1, 0.15) is 6.04 Å². The minimum atomic E-state index is -1.02. The maximum atomic E-state index is 13.9. The second-order valence-electron chi connectivity index (χ2n) is 8.52. The molecule has 1 aliphatic rings. The molecule has 0 saturated carbocycles. The molecule has 0 aliphatic carbocycles. The molecule has 1 saturated heterocycles. The van der Waals surface area contributed by atoms with Gasteiger partial charge in [-0.15, -0.1) is 10.2 Å². The topological polar surface area (TPSA) is 96.5 Å². The van der Waals surface area contributed by atoms with Crippen LogP contribution in [0.5, 0.6) is 0 Å². The van der Waals surface area contributed by atoms with Crippen LogP contribution in [0.3, 0.4) is 0 Å². The molecule has 3 unspecified atom stereocenters. The lowest BCUT2D eigenvalue weighted by Gasteiger charge is -2.47. The quantitative estimate of drug-likeness (QED) is 0.427. The van der Waals surface area contributed by atoms with Gasteiger partial charge in [-0.1, -0.05) is 54.4 Å². The van der Waals surface area contributed by atoms with Gasteiger partial charge in [0, 0.05) is 28.8 Å². The zero-order valence-corrected chi connectivity index (χ0v) is 20.3. The zero-order chi connectivity index (χ0) is 24.4. The standard InChI is InChI=1S/C25H25Cl2N3O4/c1-3-21(24-29-28-14(2)34-24)30-23(15-7-9-18(26)10-8-15)20(16-5-4-6-19(27)11-16)12-17(25(30)33)13-22(31)32/h4-11,17,20-21,23H,3,12-13H2,1-2H3,(H,31,32)/t17?,20?,21-,23?/m1/s1. The molecular formula is C25H25Cl2N3O4. The van der Waals surface area contributed by atoms with Gasteiger partial charge in [0.05, 0.1) is 12.5 Å². The summed E-state index contributed by atoms with van der Waals surface area (Å²) >= 11 is 12.5. The van der Waals surface area contributed by atoms with Gasteiger partial charge in [0.15, 0.2) is 0 Å². The number of carbonyl (C=O) groups is 2. The first-order chi connectivity index (χ1) is 16.3. The number of carboxylic acids is 1. The number of carboxylic acid groups (broad SMARTS) is 1. The van der Waals surface area contributed by atoms with Crippen molar-refractivity contribution >= 4 is 35.1 Å². The van der Waals surface area contributed by atoms with Crippen molar-refractivity contribution in [2.75, 3.05) is 0 Å². The Balaban J connectivity index is 1.90. The molecule has 0 spiro atoms. The number of halogens is 2. The Morgan fingerprint density at radius 3 is 2.47 bits per heavy atom. The van der Waals surface area contributed by atoms with E-state index in [1.165, 1.54) is 0 Å². The number of rotatable bonds is 7. The predicted molar refractivity (Wildman–Crippen MR) is 128 cm³/mol. The van der Waals surface area contributed by atoms with Gasteiger partial charge >= 0.3 is 5.97 Å². The van der Waals surface area contributed by atoms with Crippen LogP contribution in [0.4, 0.5) is 0 Å². The Labute approximate surface area is 207 Å². The smallest absolute Gasteiger partial charge is 0.304 e. The average molecular weight is 502 g/mol. The molecule has 3 aromatic rings. The van der Waals surface area contributed by atoms with E-state index >= 15 is 0 Å². The molecule has 0 bridgehead atoms. The number of likely N-dealkylation sites (tertiary alicyclic amines) is 1. The molecular weight excluding hydrogens is 477 g/mol. The molecule has 1 fully saturated rings. The van der Waals surface area contributed by atoms with Crippen LogP contribution in [0.25, 0.3) is 0 Å². The summed E-state index contributed by atoms with van der Waals surface area (Å²) in [6.07, 6.45) is 0.618.